The Labute approximate surface area is 150 Å². The molecule has 1 amide bonds. The number of aromatic nitrogens is 3. The summed E-state index contributed by atoms with van der Waals surface area (Å²) in [6.07, 6.45) is 2.84. The minimum absolute atomic E-state index is 0.180. The highest BCUT2D eigenvalue weighted by molar-refractivity contribution is 5.67. The van der Waals surface area contributed by atoms with Crippen LogP contribution in [0, 0.1) is 5.82 Å². The summed E-state index contributed by atoms with van der Waals surface area (Å²) in [7, 11) is 0. The van der Waals surface area contributed by atoms with Gasteiger partial charge in [0.15, 0.2) is 5.82 Å². The van der Waals surface area contributed by atoms with Crippen molar-refractivity contribution in [1.29, 1.82) is 0 Å². The Morgan fingerprint density at radius 1 is 1.38 bits per heavy atom. The Morgan fingerprint density at radius 2 is 2.19 bits per heavy atom. The second kappa shape index (κ2) is 8.41. The van der Waals surface area contributed by atoms with Gasteiger partial charge in [-0.15, -0.1) is 5.10 Å². The second-order valence-corrected chi connectivity index (χ2v) is 5.91. The number of amides is 1. The average molecular weight is 360 g/mol. The molecule has 8 nitrogen and oxygen atoms in total. The number of carbonyl (C=O) groups is 1. The molecule has 0 atom stereocenters. The van der Waals surface area contributed by atoms with E-state index in [9.17, 15) is 9.18 Å². The maximum Gasteiger partial charge on any atom is 0.409 e. The minimum Gasteiger partial charge on any atom is -0.450 e. The van der Waals surface area contributed by atoms with E-state index in [0.29, 0.717) is 31.2 Å². The molecule has 0 aliphatic carbocycles. The van der Waals surface area contributed by atoms with Crippen LogP contribution in [-0.4, -0.2) is 51.9 Å². The van der Waals surface area contributed by atoms with Crippen LogP contribution in [0.25, 0.3) is 0 Å². The zero-order chi connectivity index (χ0) is 18.4. The van der Waals surface area contributed by atoms with Crippen LogP contribution in [0.4, 0.5) is 26.6 Å². The van der Waals surface area contributed by atoms with Gasteiger partial charge >= 0.3 is 6.09 Å². The molecule has 2 aromatic rings. The van der Waals surface area contributed by atoms with Gasteiger partial charge < -0.3 is 20.3 Å². The van der Waals surface area contributed by atoms with Gasteiger partial charge in [0.05, 0.1) is 12.8 Å². The first-order valence-electron chi connectivity index (χ1n) is 8.54. The first-order chi connectivity index (χ1) is 12.6. The van der Waals surface area contributed by atoms with Gasteiger partial charge in [0.2, 0.25) is 5.95 Å². The van der Waals surface area contributed by atoms with E-state index in [0.717, 1.165) is 12.8 Å². The molecular weight excluding hydrogens is 339 g/mol. The van der Waals surface area contributed by atoms with Crippen LogP contribution in [0.1, 0.15) is 19.8 Å². The van der Waals surface area contributed by atoms with Crippen molar-refractivity contribution in [1.82, 2.24) is 20.1 Å². The number of nitrogens with one attached hydrogen (secondary N) is 2. The molecule has 0 saturated carbocycles. The molecule has 1 aliphatic heterocycles. The van der Waals surface area contributed by atoms with E-state index in [1.54, 1.807) is 24.0 Å². The lowest BCUT2D eigenvalue weighted by Gasteiger charge is -2.31. The summed E-state index contributed by atoms with van der Waals surface area (Å²) in [6.45, 7) is 3.43. The molecular formula is C17H21FN6O2. The van der Waals surface area contributed by atoms with Crippen molar-refractivity contribution < 1.29 is 13.9 Å². The number of likely N-dealkylation sites (tertiary alicyclic amines) is 1. The highest BCUT2D eigenvalue weighted by Gasteiger charge is 2.23. The monoisotopic (exact) mass is 360 g/mol. The molecule has 26 heavy (non-hydrogen) atoms. The van der Waals surface area contributed by atoms with Crippen LogP contribution in [0.5, 0.6) is 0 Å². The summed E-state index contributed by atoms with van der Waals surface area (Å²) in [5.41, 5.74) is 0.548. The molecule has 9 heteroatoms. The predicted octanol–water partition coefficient (Wildman–Crippen LogP) is 2.79. The lowest BCUT2D eigenvalue weighted by Crippen LogP contribution is -2.42. The quantitative estimate of drug-likeness (QED) is 0.847. The van der Waals surface area contributed by atoms with Crippen LogP contribution >= 0.6 is 0 Å². The van der Waals surface area contributed by atoms with E-state index in [1.165, 1.54) is 18.3 Å². The van der Waals surface area contributed by atoms with Gasteiger partial charge in [-0.25, -0.2) is 9.18 Å². The van der Waals surface area contributed by atoms with Crippen molar-refractivity contribution in [3.63, 3.8) is 0 Å². The van der Waals surface area contributed by atoms with Crippen molar-refractivity contribution in [3.8, 4) is 0 Å². The van der Waals surface area contributed by atoms with Crippen molar-refractivity contribution in [2.45, 2.75) is 25.8 Å². The number of ether oxygens (including phenoxy) is 1. The lowest BCUT2D eigenvalue weighted by atomic mass is 10.1. The van der Waals surface area contributed by atoms with Crippen LogP contribution in [-0.2, 0) is 4.74 Å². The van der Waals surface area contributed by atoms with Crippen molar-refractivity contribution in [2.75, 3.05) is 30.3 Å². The summed E-state index contributed by atoms with van der Waals surface area (Å²) in [5.74, 6) is 0.517. The number of hydrogen-bond acceptors (Lipinski definition) is 7. The third-order valence-electron chi connectivity index (χ3n) is 4.01. The van der Waals surface area contributed by atoms with E-state index in [2.05, 4.69) is 25.8 Å². The van der Waals surface area contributed by atoms with Crippen LogP contribution in [0.15, 0.2) is 30.5 Å². The van der Waals surface area contributed by atoms with Gasteiger partial charge in [-0.3, -0.25) is 0 Å². The zero-order valence-electron chi connectivity index (χ0n) is 14.5. The molecule has 1 saturated heterocycles. The zero-order valence-corrected chi connectivity index (χ0v) is 14.5. The SMILES string of the molecule is CCOC(=O)N1CCC(Nc2cnnc(Nc3cccc(F)c3)n2)CC1. The number of benzene rings is 1. The molecule has 1 aromatic heterocycles. The smallest absolute Gasteiger partial charge is 0.409 e. The van der Waals surface area contributed by atoms with Gasteiger partial charge in [-0.2, -0.15) is 10.1 Å². The molecule has 1 aliphatic rings. The molecule has 138 valence electrons. The second-order valence-electron chi connectivity index (χ2n) is 5.91. The Balaban J connectivity index is 1.55. The number of hydrogen-bond donors (Lipinski definition) is 2. The molecule has 2 heterocycles. The molecule has 3 rings (SSSR count). The molecule has 0 bridgehead atoms. The van der Waals surface area contributed by atoms with Gasteiger partial charge in [0.25, 0.3) is 0 Å². The van der Waals surface area contributed by atoms with Gasteiger partial charge in [0, 0.05) is 24.8 Å². The summed E-state index contributed by atoms with van der Waals surface area (Å²) < 4.78 is 18.3. The summed E-state index contributed by atoms with van der Waals surface area (Å²) in [5, 5.41) is 14.1. The number of halogens is 1. The standard InChI is InChI=1S/C17H21FN6O2/c1-2-26-17(25)24-8-6-13(7-9-24)20-15-11-19-23-16(22-15)21-14-5-3-4-12(18)10-14/h3-5,10-11,13H,2,6-9H2,1H3,(H2,20,21,22,23). The third kappa shape index (κ3) is 4.78. The van der Waals surface area contributed by atoms with Gasteiger partial charge in [-0.1, -0.05) is 6.07 Å². The fourth-order valence-corrected chi connectivity index (χ4v) is 2.75. The Morgan fingerprint density at radius 3 is 2.92 bits per heavy atom. The minimum atomic E-state index is -0.342. The summed E-state index contributed by atoms with van der Waals surface area (Å²) >= 11 is 0. The van der Waals surface area contributed by atoms with Crippen LogP contribution < -0.4 is 10.6 Å². The normalized spacial score (nSPS) is 14.8. The van der Waals surface area contributed by atoms with Crippen molar-refractivity contribution in [2.24, 2.45) is 0 Å². The number of piperidine rings is 1. The molecule has 2 N–H and O–H groups in total. The highest BCUT2D eigenvalue weighted by Crippen LogP contribution is 2.18. The average Bonchev–Trinajstić information content (AvgIpc) is 2.63. The fraction of sp³-hybridized carbons (Fsp3) is 0.412. The van der Waals surface area contributed by atoms with Crippen LogP contribution in [0.3, 0.4) is 0 Å². The maximum atomic E-state index is 13.2. The number of anilines is 3. The third-order valence-corrected chi connectivity index (χ3v) is 4.01. The van der Waals surface area contributed by atoms with E-state index >= 15 is 0 Å². The molecule has 0 spiro atoms. The van der Waals surface area contributed by atoms with E-state index in [4.69, 9.17) is 4.74 Å². The molecule has 0 radical (unpaired) electrons. The Kier molecular flexibility index (Phi) is 5.77. The van der Waals surface area contributed by atoms with Gasteiger partial charge in [0.1, 0.15) is 5.82 Å². The maximum absolute atomic E-state index is 13.2. The summed E-state index contributed by atoms with van der Waals surface area (Å²) in [4.78, 5) is 17.8. The van der Waals surface area contributed by atoms with E-state index in [-0.39, 0.29) is 23.9 Å². The molecule has 1 aromatic carbocycles. The molecule has 0 unspecified atom stereocenters. The first kappa shape index (κ1) is 17.8. The highest BCUT2D eigenvalue weighted by atomic mass is 19.1. The lowest BCUT2D eigenvalue weighted by molar-refractivity contribution is 0.0983. The van der Waals surface area contributed by atoms with Crippen molar-refractivity contribution in [3.05, 3.63) is 36.3 Å². The molecule has 1 fully saturated rings. The van der Waals surface area contributed by atoms with Crippen LogP contribution in [0.2, 0.25) is 0 Å². The number of carbonyl (C=O) groups excluding carboxylic acids is 1. The van der Waals surface area contributed by atoms with E-state index < -0.39 is 0 Å². The number of rotatable bonds is 5. The first-order valence-corrected chi connectivity index (χ1v) is 8.54. The topological polar surface area (TPSA) is 92.3 Å². The Bertz CT molecular complexity index is 752. The largest absolute Gasteiger partial charge is 0.450 e. The Hall–Kier alpha value is -2.97. The van der Waals surface area contributed by atoms with Crippen molar-refractivity contribution >= 4 is 23.5 Å². The summed E-state index contributed by atoms with van der Waals surface area (Å²) in [6, 6.07) is 6.22. The number of nitrogens with zero attached hydrogens (tertiary/aromatic N) is 4. The van der Waals surface area contributed by atoms with E-state index in [1.807, 2.05) is 0 Å². The fourth-order valence-electron chi connectivity index (χ4n) is 2.75. The predicted molar refractivity (Wildman–Crippen MR) is 94.7 cm³/mol. The van der Waals surface area contributed by atoms with Gasteiger partial charge in [-0.05, 0) is 38.0 Å².